The molecule has 2 rings (SSSR count). The third-order valence-corrected chi connectivity index (χ3v) is 2.52. The number of carbonyl (C=O) groups is 1. The number of nitrogens with one attached hydrogen (secondary N) is 1. The molecule has 0 bridgehead atoms. The fourth-order valence-electron chi connectivity index (χ4n) is 1.70. The van der Waals surface area contributed by atoms with Gasteiger partial charge in [-0.1, -0.05) is 5.16 Å². The lowest BCUT2D eigenvalue weighted by molar-refractivity contribution is 0.0991. The molecule has 1 aromatic heterocycles. The summed E-state index contributed by atoms with van der Waals surface area (Å²) in [7, 11) is 0. The van der Waals surface area contributed by atoms with Crippen molar-refractivity contribution in [3.8, 4) is 0 Å². The number of hydrogen-bond acceptors (Lipinski definition) is 4. The van der Waals surface area contributed by atoms with Crippen molar-refractivity contribution in [1.29, 1.82) is 0 Å². The number of piperidine rings is 1. The first-order valence-corrected chi connectivity index (χ1v) is 4.74. The van der Waals surface area contributed by atoms with Gasteiger partial charge in [-0.05, 0) is 25.9 Å². The van der Waals surface area contributed by atoms with Crippen LogP contribution in [0.1, 0.15) is 35.0 Å². The molecular weight excluding hydrogens is 218 g/mol. The van der Waals surface area contributed by atoms with E-state index in [-0.39, 0.29) is 18.1 Å². The topological polar surface area (TPSA) is 81.2 Å². The maximum Gasteiger partial charge on any atom is 0.270 e. The van der Waals surface area contributed by atoms with E-state index in [1.807, 2.05) is 0 Å². The molecule has 1 aliphatic heterocycles. The van der Waals surface area contributed by atoms with Crippen molar-refractivity contribution in [2.45, 2.75) is 18.8 Å². The summed E-state index contributed by atoms with van der Waals surface area (Å²) >= 11 is 0. The Morgan fingerprint density at radius 3 is 2.73 bits per heavy atom. The van der Waals surface area contributed by atoms with Gasteiger partial charge in [0, 0.05) is 12.0 Å². The number of primary amides is 1. The molecule has 0 radical (unpaired) electrons. The van der Waals surface area contributed by atoms with Gasteiger partial charge in [0.1, 0.15) is 5.76 Å². The van der Waals surface area contributed by atoms with Crippen LogP contribution < -0.4 is 11.1 Å². The standard InChI is InChI=1S/C9H13N3O2.ClH/c10-9(13)7-5-8(14-12-7)6-1-3-11-4-2-6;/h5-6,11H,1-4H2,(H2,10,13);1H. The van der Waals surface area contributed by atoms with E-state index in [1.165, 1.54) is 0 Å². The summed E-state index contributed by atoms with van der Waals surface area (Å²) in [4.78, 5) is 10.8. The van der Waals surface area contributed by atoms with E-state index in [0.29, 0.717) is 5.92 Å². The Hall–Kier alpha value is -1.07. The Labute approximate surface area is 93.8 Å². The lowest BCUT2D eigenvalue weighted by atomic mass is 9.95. The van der Waals surface area contributed by atoms with Crippen molar-refractivity contribution in [3.05, 3.63) is 17.5 Å². The second-order valence-electron chi connectivity index (χ2n) is 3.50. The zero-order chi connectivity index (χ0) is 9.97. The highest BCUT2D eigenvalue weighted by molar-refractivity contribution is 5.90. The van der Waals surface area contributed by atoms with Gasteiger partial charge in [-0.3, -0.25) is 4.79 Å². The Bertz CT molecular complexity index is 334. The lowest BCUT2D eigenvalue weighted by Crippen LogP contribution is -2.26. The molecule has 1 amide bonds. The monoisotopic (exact) mass is 231 g/mol. The molecule has 0 saturated carbocycles. The van der Waals surface area contributed by atoms with Crippen molar-refractivity contribution < 1.29 is 9.32 Å². The van der Waals surface area contributed by atoms with Crippen molar-refractivity contribution >= 4 is 18.3 Å². The molecule has 0 atom stereocenters. The van der Waals surface area contributed by atoms with Gasteiger partial charge in [-0.15, -0.1) is 12.4 Å². The van der Waals surface area contributed by atoms with E-state index >= 15 is 0 Å². The molecule has 1 aromatic rings. The smallest absolute Gasteiger partial charge is 0.270 e. The first-order chi connectivity index (χ1) is 6.77. The van der Waals surface area contributed by atoms with Crippen molar-refractivity contribution in [1.82, 2.24) is 10.5 Å². The molecular formula is C9H14ClN3O2. The maximum atomic E-state index is 10.8. The summed E-state index contributed by atoms with van der Waals surface area (Å²) in [6.45, 7) is 1.97. The second kappa shape index (κ2) is 5.14. The minimum atomic E-state index is -0.533. The van der Waals surface area contributed by atoms with Crippen LogP contribution in [-0.4, -0.2) is 24.2 Å². The summed E-state index contributed by atoms with van der Waals surface area (Å²) in [6.07, 6.45) is 2.04. The van der Waals surface area contributed by atoms with Crippen LogP contribution in [0.2, 0.25) is 0 Å². The van der Waals surface area contributed by atoms with Crippen LogP contribution in [0.15, 0.2) is 10.6 Å². The number of nitrogens with zero attached hydrogens (tertiary/aromatic N) is 1. The summed E-state index contributed by atoms with van der Waals surface area (Å²) < 4.78 is 5.09. The van der Waals surface area contributed by atoms with E-state index in [2.05, 4.69) is 10.5 Å². The molecule has 15 heavy (non-hydrogen) atoms. The largest absolute Gasteiger partial charge is 0.364 e. The summed E-state index contributed by atoms with van der Waals surface area (Å²) in [5, 5.41) is 6.88. The number of halogens is 1. The molecule has 0 unspecified atom stereocenters. The second-order valence-corrected chi connectivity index (χ2v) is 3.50. The highest BCUT2D eigenvalue weighted by Crippen LogP contribution is 2.25. The molecule has 0 aromatic carbocycles. The van der Waals surface area contributed by atoms with Gasteiger partial charge in [0.15, 0.2) is 5.69 Å². The number of nitrogens with two attached hydrogens (primary N) is 1. The average Bonchev–Trinajstić information content (AvgIpc) is 2.68. The Morgan fingerprint density at radius 2 is 2.20 bits per heavy atom. The van der Waals surface area contributed by atoms with Crippen LogP contribution in [0.4, 0.5) is 0 Å². The van der Waals surface area contributed by atoms with Gasteiger partial charge < -0.3 is 15.6 Å². The molecule has 1 fully saturated rings. The van der Waals surface area contributed by atoms with Crippen LogP contribution in [0, 0.1) is 0 Å². The number of amides is 1. The minimum Gasteiger partial charge on any atom is -0.364 e. The van der Waals surface area contributed by atoms with Crippen molar-refractivity contribution in [3.63, 3.8) is 0 Å². The van der Waals surface area contributed by atoms with E-state index in [9.17, 15) is 4.79 Å². The zero-order valence-electron chi connectivity index (χ0n) is 8.23. The molecule has 5 nitrogen and oxygen atoms in total. The van der Waals surface area contributed by atoms with Crippen LogP contribution in [0.25, 0.3) is 0 Å². The number of rotatable bonds is 2. The average molecular weight is 232 g/mol. The van der Waals surface area contributed by atoms with Crippen molar-refractivity contribution in [2.75, 3.05) is 13.1 Å². The van der Waals surface area contributed by atoms with Crippen LogP contribution in [0.3, 0.4) is 0 Å². The molecule has 1 aliphatic rings. The van der Waals surface area contributed by atoms with Gasteiger partial charge in [0.05, 0.1) is 0 Å². The van der Waals surface area contributed by atoms with Crippen LogP contribution in [-0.2, 0) is 0 Å². The first-order valence-electron chi connectivity index (χ1n) is 4.74. The highest BCUT2D eigenvalue weighted by Gasteiger charge is 2.20. The maximum absolute atomic E-state index is 10.8. The van der Waals surface area contributed by atoms with E-state index in [0.717, 1.165) is 31.7 Å². The quantitative estimate of drug-likeness (QED) is 0.784. The number of carbonyl (C=O) groups excluding carboxylic acids is 1. The molecule has 2 heterocycles. The SMILES string of the molecule is Cl.NC(=O)c1cc(C2CCNCC2)on1. The highest BCUT2D eigenvalue weighted by atomic mass is 35.5. The molecule has 3 N–H and O–H groups in total. The third kappa shape index (κ3) is 2.70. The minimum absolute atomic E-state index is 0. The predicted molar refractivity (Wildman–Crippen MR) is 57.1 cm³/mol. The molecule has 1 saturated heterocycles. The van der Waals surface area contributed by atoms with E-state index < -0.39 is 5.91 Å². The summed E-state index contributed by atoms with van der Waals surface area (Å²) in [6, 6.07) is 1.65. The molecule has 84 valence electrons. The molecule has 0 spiro atoms. The normalized spacial score (nSPS) is 17.1. The first kappa shape index (κ1) is 12.0. The van der Waals surface area contributed by atoms with Crippen LogP contribution >= 0.6 is 12.4 Å². The lowest BCUT2D eigenvalue weighted by Gasteiger charge is -2.19. The zero-order valence-corrected chi connectivity index (χ0v) is 9.05. The van der Waals surface area contributed by atoms with E-state index in [1.54, 1.807) is 6.07 Å². The Morgan fingerprint density at radius 1 is 1.53 bits per heavy atom. The van der Waals surface area contributed by atoms with Gasteiger partial charge in [-0.25, -0.2) is 0 Å². The third-order valence-electron chi connectivity index (χ3n) is 2.52. The van der Waals surface area contributed by atoms with Gasteiger partial charge >= 0.3 is 0 Å². The number of aromatic nitrogens is 1. The Balaban J connectivity index is 0.00000112. The van der Waals surface area contributed by atoms with Crippen molar-refractivity contribution in [2.24, 2.45) is 5.73 Å². The fraction of sp³-hybridized carbons (Fsp3) is 0.556. The Kier molecular flexibility index (Phi) is 4.11. The fourth-order valence-corrected chi connectivity index (χ4v) is 1.70. The molecule has 0 aliphatic carbocycles. The van der Waals surface area contributed by atoms with Gasteiger partial charge in [0.25, 0.3) is 5.91 Å². The van der Waals surface area contributed by atoms with Gasteiger partial charge in [0.2, 0.25) is 0 Å². The molecule has 6 heteroatoms. The van der Waals surface area contributed by atoms with Crippen LogP contribution in [0.5, 0.6) is 0 Å². The summed E-state index contributed by atoms with van der Waals surface area (Å²) in [5.41, 5.74) is 5.30. The van der Waals surface area contributed by atoms with E-state index in [4.69, 9.17) is 10.3 Å². The summed E-state index contributed by atoms with van der Waals surface area (Å²) in [5.74, 6) is 0.617. The predicted octanol–water partition coefficient (Wildman–Crippen LogP) is 0.662. The van der Waals surface area contributed by atoms with Gasteiger partial charge in [-0.2, -0.15) is 0 Å². The number of hydrogen-bond donors (Lipinski definition) is 2.